The molecule has 0 saturated carbocycles. The summed E-state index contributed by atoms with van der Waals surface area (Å²) in [5.74, 6) is 1.10. The third-order valence-electron chi connectivity index (χ3n) is 13.4. The average molecular weight is 920 g/mol. The van der Waals surface area contributed by atoms with E-state index in [-0.39, 0.29) is 16.7 Å². The Morgan fingerprint density at radius 2 is 1.40 bits per heavy atom. The smallest absolute Gasteiger partial charge is 0.418 e. The number of nitrogens with one attached hydrogen (secondary N) is 1. The number of aryl methyl sites for hydroxylation is 1. The number of carbonyl (C=O) groups excluding carboxylic acids is 1. The Balaban J connectivity index is 0.00000119. The Bertz CT molecular complexity index is 3000. The van der Waals surface area contributed by atoms with E-state index < -0.39 is 7.25 Å². The minimum Gasteiger partial charge on any atom is -0.418 e. The van der Waals surface area contributed by atoms with E-state index in [4.69, 9.17) is 0 Å². The number of rotatable bonds is 12. The lowest BCUT2D eigenvalue weighted by Gasteiger charge is -2.27. The van der Waals surface area contributed by atoms with E-state index in [1.165, 1.54) is 66.6 Å². The minimum atomic E-state index is -6.00. The molecule has 8 nitrogen and oxygen atoms in total. The van der Waals surface area contributed by atoms with Crippen molar-refractivity contribution in [1.82, 2.24) is 25.7 Å². The van der Waals surface area contributed by atoms with Gasteiger partial charge in [0.15, 0.2) is 11.5 Å². The zero-order valence-corrected chi connectivity index (χ0v) is 39.7. The zero-order chi connectivity index (χ0) is 48.2. The third-order valence-corrected chi connectivity index (χ3v) is 13.4. The number of aromatic nitrogens is 4. The Kier molecular flexibility index (Phi) is 13.9. The quantitative estimate of drug-likeness (QED) is 0.0569. The van der Waals surface area contributed by atoms with Gasteiger partial charge >= 0.3 is 7.25 Å². The van der Waals surface area contributed by atoms with Crippen molar-refractivity contribution in [3.63, 3.8) is 0 Å². The molecule has 0 atom stereocenters. The molecule has 3 aliphatic rings. The molecular weight excluding hydrogens is 861 g/mol. The molecule has 5 aromatic carbocycles. The van der Waals surface area contributed by atoms with Gasteiger partial charge in [-0.2, -0.15) is 4.58 Å². The molecular formula is C55H58BF4N7O. The molecule has 350 valence electrons. The first-order valence-electron chi connectivity index (χ1n) is 23.5. The number of allylic oxidation sites excluding steroid dienone is 8. The van der Waals surface area contributed by atoms with Crippen LogP contribution in [0.3, 0.4) is 0 Å². The molecule has 13 heteroatoms. The van der Waals surface area contributed by atoms with E-state index in [1.54, 1.807) is 6.92 Å². The van der Waals surface area contributed by atoms with Crippen LogP contribution in [-0.2, 0) is 22.2 Å². The van der Waals surface area contributed by atoms with Gasteiger partial charge in [-0.3, -0.25) is 4.79 Å². The SMILES string of the molecule is Cc1nnc(-c2ccc(CNC(=O)CCCCCN3/C(=C/C=C4C=C(/C=C/C5=[N+](C)c6ccc7ccccc7c6C5(C)C)CCC/4)C(C)(C)c4c3ccc3ccccc43)cc2)nn1.F[B-](F)(F)F. The molecule has 1 N–H and O–H groups in total. The fraction of sp³-hybridized carbons (Fsp3) is 0.309. The molecule has 1 aromatic heterocycles. The minimum absolute atomic E-state index is 0.0757. The number of unbranched alkanes of at least 4 members (excludes halogenated alkanes) is 2. The number of hydrogen-bond acceptors (Lipinski definition) is 6. The monoisotopic (exact) mass is 919 g/mol. The first-order valence-corrected chi connectivity index (χ1v) is 23.5. The second kappa shape index (κ2) is 19.8. The van der Waals surface area contributed by atoms with Gasteiger partial charge in [-0.05, 0) is 115 Å². The number of nitrogens with zero attached hydrogens (tertiary/aromatic N) is 6. The maximum atomic E-state index is 12.9. The predicted octanol–water partition coefficient (Wildman–Crippen LogP) is 13.0. The van der Waals surface area contributed by atoms with Crippen molar-refractivity contribution in [2.24, 2.45) is 0 Å². The van der Waals surface area contributed by atoms with Gasteiger partial charge in [0.25, 0.3) is 0 Å². The lowest BCUT2D eigenvalue weighted by Crippen LogP contribution is -2.27. The van der Waals surface area contributed by atoms with E-state index in [1.807, 2.05) is 24.3 Å². The molecule has 68 heavy (non-hydrogen) atoms. The van der Waals surface area contributed by atoms with Crippen LogP contribution < -0.4 is 10.2 Å². The Morgan fingerprint density at radius 3 is 2.09 bits per heavy atom. The summed E-state index contributed by atoms with van der Waals surface area (Å²) in [6.07, 6.45) is 18.6. The van der Waals surface area contributed by atoms with Crippen molar-refractivity contribution in [2.75, 3.05) is 18.5 Å². The number of hydrogen-bond donors (Lipinski definition) is 1. The van der Waals surface area contributed by atoms with Crippen LogP contribution in [0.25, 0.3) is 32.9 Å². The largest absolute Gasteiger partial charge is 0.673 e. The highest BCUT2D eigenvalue weighted by molar-refractivity contribution is 6.50. The summed E-state index contributed by atoms with van der Waals surface area (Å²) in [7, 11) is -3.79. The van der Waals surface area contributed by atoms with Crippen molar-refractivity contribution in [1.29, 1.82) is 0 Å². The van der Waals surface area contributed by atoms with Crippen LogP contribution in [0.1, 0.15) is 95.2 Å². The topological polar surface area (TPSA) is 86.9 Å². The van der Waals surface area contributed by atoms with E-state index in [2.05, 4.69) is 173 Å². The Hall–Kier alpha value is -6.76. The normalized spacial score (nSPS) is 17.4. The van der Waals surface area contributed by atoms with Crippen molar-refractivity contribution < 1.29 is 26.6 Å². The Morgan fingerprint density at radius 1 is 0.750 bits per heavy atom. The molecule has 0 bridgehead atoms. The highest BCUT2D eigenvalue weighted by Gasteiger charge is 2.44. The zero-order valence-electron chi connectivity index (χ0n) is 39.7. The number of amides is 1. The first kappa shape index (κ1) is 47.7. The van der Waals surface area contributed by atoms with Gasteiger partial charge in [0.1, 0.15) is 7.05 Å². The lowest BCUT2D eigenvalue weighted by atomic mass is 9.79. The van der Waals surface area contributed by atoms with Gasteiger partial charge in [-0.15, -0.1) is 20.4 Å². The summed E-state index contributed by atoms with van der Waals surface area (Å²) in [4.78, 5) is 15.4. The standard InChI is InChI=1S/C55H57N7O.BF4/c1-37-57-59-53(60-58-37)43-26-22-40(23-27-43)36-56-50(63)21-8-7-13-34-62-47-31-29-42-18-10-12-20-45(42)52(47)55(4,5)49(62)33-25-39-16-14-15-38(35-39)24-32-48-54(2,3)51-44-19-11-9-17-41(44)28-30-46(51)61(48)6;2-1(3,4)5/h9-12,17-20,22-33,35H,7-8,13-16,21,34,36H2,1-6H3;/q;-1/p+1. The number of carbonyl (C=O) groups is 1. The van der Waals surface area contributed by atoms with Crippen molar-refractivity contribution in [2.45, 2.75) is 96.9 Å². The van der Waals surface area contributed by atoms with E-state index >= 15 is 0 Å². The van der Waals surface area contributed by atoms with Gasteiger partial charge < -0.3 is 27.5 Å². The Labute approximate surface area is 396 Å². The fourth-order valence-corrected chi connectivity index (χ4v) is 10.2. The van der Waals surface area contributed by atoms with Crippen molar-refractivity contribution >= 4 is 51.8 Å². The number of fused-ring (bicyclic) bond motifs is 6. The molecule has 0 fully saturated rings. The first-order chi connectivity index (χ1) is 32.5. The van der Waals surface area contributed by atoms with Crippen LogP contribution in [0.4, 0.5) is 28.6 Å². The molecule has 1 amide bonds. The van der Waals surface area contributed by atoms with Crippen LogP contribution in [0, 0.1) is 6.92 Å². The van der Waals surface area contributed by atoms with Gasteiger partial charge in [-0.1, -0.05) is 117 Å². The number of benzene rings is 5. The molecule has 0 unspecified atom stereocenters. The van der Waals surface area contributed by atoms with Crippen LogP contribution in [-0.4, -0.2) is 57.4 Å². The van der Waals surface area contributed by atoms with Gasteiger partial charge in [0, 0.05) is 59.6 Å². The summed E-state index contributed by atoms with van der Waals surface area (Å²) >= 11 is 0. The maximum Gasteiger partial charge on any atom is 0.673 e. The summed E-state index contributed by atoms with van der Waals surface area (Å²) in [6.45, 7) is 12.6. The van der Waals surface area contributed by atoms with E-state index in [0.29, 0.717) is 24.6 Å². The number of anilines is 1. The lowest BCUT2D eigenvalue weighted by molar-refractivity contribution is -0.401. The molecule has 0 spiro atoms. The van der Waals surface area contributed by atoms with Crippen LogP contribution in [0.5, 0.6) is 0 Å². The second-order valence-corrected chi connectivity index (χ2v) is 19.0. The van der Waals surface area contributed by atoms with E-state index in [9.17, 15) is 22.1 Å². The molecule has 6 aromatic rings. The summed E-state index contributed by atoms with van der Waals surface area (Å²) in [5.41, 5.74) is 12.4. The maximum absolute atomic E-state index is 12.9. The van der Waals surface area contributed by atoms with Crippen LogP contribution in [0.2, 0.25) is 0 Å². The van der Waals surface area contributed by atoms with Gasteiger partial charge in [0.05, 0.1) is 5.41 Å². The number of halogens is 4. The molecule has 0 radical (unpaired) electrons. The highest BCUT2D eigenvalue weighted by atomic mass is 19.5. The summed E-state index contributed by atoms with van der Waals surface area (Å²) in [5, 5.41) is 24.6. The van der Waals surface area contributed by atoms with Crippen molar-refractivity contribution in [3.8, 4) is 11.4 Å². The summed E-state index contributed by atoms with van der Waals surface area (Å²) in [6, 6.07) is 34.5. The molecule has 9 rings (SSSR count). The van der Waals surface area contributed by atoms with Gasteiger partial charge in [-0.25, -0.2) is 0 Å². The van der Waals surface area contributed by atoms with E-state index in [0.717, 1.165) is 56.2 Å². The third kappa shape index (κ3) is 10.5. The molecule has 3 heterocycles. The average Bonchev–Trinajstić information content (AvgIpc) is 3.66. The fourth-order valence-electron chi connectivity index (χ4n) is 10.2. The molecule has 0 saturated heterocycles. The highest BCUT2D eigenvalue weighted by Crippen LogP contribution is 2.51. The predicted molar refractivity (Wildman–Crippen MR) is 268 cm³/mol. The van der Waals surface area contributed by atoms with Crippen LogP contribution >= 0.6 is 0 Å². The molecule has 1 aliphatic carbocycles. The second-order valence-electron chi connectivity index (χ2n) is 19.0. The summed E-state index contributed by atoms with van der Waals surface area (Å²) < 4.78 is 41.4. The van der Waals surface area contributed by atoms with Crippen molar-refractivity contribution in [3.05, 3.63) is 167 Å². The van der Waals surface area contributed by atoms with Crippen LogP contribution in [0.15, 0.2) is 144 Å². The molecule has 2 aliphatic heterocycles. The van der Waals surface area contributed by atoms with Gasteiger partial charge in [0.2, 0.25) is 17.4 Å².